The molecule has 0 radical (unpaired) electrons. The normalized spacial score (nSPS) is 18.1. The van der Waals surface area contributed by atoms with Gasteiger partial charge in [-0.05, 0) is 0 Å². The van der Waals surface area contributed by atoms with Gasteiger partial charge < -0.3 is 24.8 Å². The summed E-state index contributed by atoms with van der Waals surface area (Å²) in [6.07, 6.45) is 29.1. The first kappa shape index (κ1) is 37.4. The molecule has 0 atom stereocenters. The monoisotopic (exact) mass is 1010 g/mol. The Balaban J connectivity index is 0.000000361. The van der Waals surface area contributed by atoms with Gasteiger partial charge in [0.05, 0.1) is 0 Å². The Morgan fingerprint density at radius 3 is 1.13 bits per heavy atom. The van der Waals surface area contributed by atoms with E-state index in [0.717, 1.165) is 0 Å². The Morgan fingerprint density at radius 1 is 0.553 bits per heavy atom. The SMILES string of the molecule is [CH3][GeH]([CH3])[Hf+]([C]1=CC=CC1)[C]1=C(C(C)(C)C)C=CC1.[CH3][GeH]([CH3])[Hf+]([C]1=CC=CC1)[C]1=C(C(C)(C)C)C=CC1.[Cl-].[Cl-]. The van der Waals surface area contributed by atoms with E-state index in [2.05, 4.69) is 125 Å². The van der Waals surface area contributed by atoms with Crippen LogP contribution in [0.4, 0.5) is 0 Å². The summed E-state index contributed by atoms with van der Waals surface area (Å²) < 4.78 is 7.71. The summed E-state index contributed by atoms with van der Waals surface area (Å²) >= 11 is -3.22. The van der Waals surface area contributed by atoms with Crippen molar-refractivity contribution >= 4 is 21.3 Å². The maximum absolute atomic E-state index is 2.64. The molecule has 0 aromatic heterocycles. The number of allylic oxidation sites excluding steroid dienone is 16. The predicted octanol–water partition coefficient (Wildman–Crippen LogP) is 3.39. The molecule has 0 saturated heterocycles. The summed E-state index contributed by atoms with van der Waals surface area (Å²) in [6, 6.07) is 0. The van der Waals surface area contributed by atoms with E-state index < -0.39 is 59.2 Å². The largest absolute Gasteiger partial charge is 1.00 e. The third kappa shape index (κ3) is 9.68. The Hall–Kier alpha value is 1.33. The molecule has 38 heavy (non-hydrogen) atoms. The molecule has 4 aliphatic carbocycles. The minimum Gasteiger partial charge on any atom is -1.00 e. The van der Waals surface area contributed by atoms with Gasteiger partial charge in [0.2, 0.25) is 0 Å². The molecule has 0 amide bonds. The minimum atomic E-state index is -1.61. The van der Waals surface area contributed by atoms with Gasteiger partial charge in [0.15, 0.2) is 0 Å². The molecule has 4 aliphatic rings. The van der Waals surface area contributed by atoms with E-state index in [4.69, 9.17) is 0 Å². The fourth-order valence-electron chi connectivity index (χ4n) is 6.05. The molecule has 6 heteroatoms. The second-order valence-electron chi connectivity index (χ2n) is 13.3. The first-order valence-corrected chi connectivity index (χ1v) is 54.9. The first-order chi connectivity index (χ1) is 16.8. The molecule has 0 aromatic carbocycles. The first-order valence-electron chi connectivity index (χ1n) is 14.1. The van der Waals surface area contributed by atoms with Crippen molar-refractivity contribution in [1.29, 1.82) is 0 Å². The Kier molecular flexibility index (Phi) is 16.0. The standard InChI is InChI=1S/2C9H13.2C5H5.2C2H7Ge.2ClH.2Hf/c2*1-9(2,3)8-6-4-5-7-8;2*1-2-4-5-3-1;2*1-3-2;;;;/h2*4,6H,5H2,1-3H3;2*1-3H,4H2;2*3H,1-2H3;2*1H;;/q;;;;;;;;2*+1/p-2. The van der Waals surface area contributed by atoms with E-state index in [1.54, 1.807) is 11.1 Å². The van der Waals surface area contributed by atoms with Crippen molar-refractivity contribution < 1.29 is 62.7 Å². The van der Waals surface area contributed by atoms with E-state index >= 15 is 0 Å². The molecule has 0 aliphatic heterocycles. The van der Waals surface area contributed by atoms with Gasteiger partial charge >= 0.3 is 245 Å². The van der Waals surface area contributed by atoms with Crippen molar-refractivity contribution in [3.63, 3.8) is 0 Å². The van der Waals surface area contributed by atoms with Crippen molar-refractivity contribution in [2.24, 2.45) is 10.8 Å². The molecule has 0 saturated carbocycles. The van der Waals surface area contributed by atoms with E-state index in [1.165, 1.54) is 25.7 Å². The summed E-state index contributed by atoms with van der Waals surface area (Å²) in [7, 11) is -1.96. The Bertz CT molecular complexity index is 986. The van der Waals surface area contributed by atoms with E-state index in [-0.39, 0.29) is 24.8 Å². The van der Waals surface area contributed by atoms with Crippen molar-refractivity contribution in [1.82, 2.24) is 0 Å². The Labute approximate surface area is 266 Å². The summed E-state index contributed by atoms with van der Waals surface area (Å²) in [5, 5.41) is 0. The minimum absolute atomic E-state index is 0. The van der Waals surface area contributed by atoms with Gasteiger partial charge in [-0.3, -0.25) is 0 Å². The average molecular weight is 1010 g/mol. The fraction of sp³-hybridized carbons (Fsp3) is 0.500. The van der Waals surface area contributed by atoms with Gasteiger partial charge in [0.25, 0.3) is 0 Å². The van der Waals surface area contributed by atoms with Crippen LogP contribution in [0.2, 0.25) is 23.0 Å². The summed E-state index contributed by atoms with van der Waals surface area (Å²) in [5.74, 6) is 10.6. The third-order valence-electron chi connectivity index (χ3n) is 7.52. The zero-order valence-corrected chi connectivity index (χ0v) is 39.1. The zero-order valence-electron chi connectivity index (χ0n) is 25.5. The smallest absolute Gasteiger partial charge is 1.00 e. The molecule has 4 rings (SSSR count). The van der Waals surface area contributed by atoms with Crippen LogP contribution in [0.1, 0.15) is 67.2 Å². The van der Waals surface area contributed by atoms with Crippen LogP contribution in [0.25, 0.3) is 0 Å². The van der Waals surface area contributed by atoms with Gasteiger partial charge in [-0.15, -0.1) is 0 Å². The molecule has 0 unspecified atom stereocenters. The van der Waals surface area contributed by atoms with Crippen molar-refractivity contribution in [2.45, 2.75) is 90.3 Å². The van der Waals surface area contributed by atoms with Gasteiger partial charge in [0, 0.05) is 0 Å². The van der Waals surface area contributed by atoms with Crippen LogP contribution in [0.5, 0.6) is 0 Å². The maximum Gasteiger partial charge on any atom is -1.00 e. The molecule has 0 N–H and O–H groups in total. The summed E-state index contributed by atoms with van der Waals surface area (Å²) in [5.41, 5.74) is 4.11. The van der Waals surface area contributed by atoms with Crippen molar-refractivity contribution in [3.05, 3.63) is 85.2 Å². The maximum atomic E-state index is 2.64. The molecule has 0 spiro atoms. The zero-order chi connectivity index (χ0) is 26.7. The van der Waals surface area contributed by atoms with Crippen LogP contribution in [-0.4, -0.2) is 21.3 Å². The second kappa shape index (κ2) is 16.2. The molecule has 0 aromatic rings. The molecule has 0 bridgehead atoms. The molecule has 0 nitrogen and oxygen atoms in total. The molecule has 0 fully saturated rings. The fourth-order valence-corrected chi connectivity index (χ4v) is 97.5. The molecular weight excluding hydrogens is 957 g/mol. The number of hydrogen-bond acceptors (Lipinski definition) is 0. The number of hydrogen-bond donors (Lipinski definition) is 0. The number of rotatable bonds is 6. The predicted molar refractivity (Wildman–Crippen MR) is 162 cm³/mol. The van der Waals surface area contributed by atoms with E-state index in [1.807, 2.05) is 13.3 Å². The Morgan fingerprint density at radius 2 is 0.895 bits per heavy atom. The van der Waals surface area contributed by atoms with Crippen LogP contribution in [-0.2, 0) is 37.9 Å². The van der Waals surface area contributed by atoms with Gasteiger partial charge in [-0.2, -0.15) is 0 Å². The second-order valence-corrected chi connectivity index (χ2v) is 101. The quantitative estimate of drug-likeness (QED) is 0.359. The number of halogens is 2. The molecule has 0 heterocycles. The van der Waals surface area contributed by atoms with Crippen LogP contribution in [0.15, 0.2) is 85.2 Å². The summed E-state index contributed by atoms with van der Waals surface area (Å²) in [6.45, 7) is 14.3. The topological polar surface area (TPSA) is 0 Å². The van der Waals surface area contributed by atoms with Crippen molar-refractivity contribution in [2.75, 3.05) is 0 Å². The molecular formula is C32H50Cl2Ge2Hf2. The average Bonchev–Trinajstić information content (AvgIpc) is 3.55. The third-order valence-corrected chi connectivity index (χ3v) is 95.9. The van der Waals surface area contributed by atoms with Gasteiger partial charge in [-0.1, -0.05) is 0 Å². The van der Waals surface area contributed by atoms with Crippen molar-refractivity contribution in [3.8, 4) is 0 Å². The summed E-state index contributed by atoms with van der Waals surface area (Å²) in [4.78, 5) is 0. The van der Waals surface area contributed by atoms with Gasteiger partial charge in [-0.25, -0.2) is 0 Å². The van der Waals surface area contributed by atoms with Crippen LogP contribution >= 0.6 is 0 Å². The van der Waals surface area contributed by atoms with Crippen LogP contribution in [0, 0.1) is 10.8 Å². The van der Waals surface area contributed by atoms with E-state index in [9.17, 15) is 0 Å². The van der Waals surface area contributed by atoms with Gasteiger partial charge in [0.1, 0.15) is 0 Å². The van der Waals surface area contributed by atoms with E-state index in [0.29, 0.717) is 10.8 Å². The van der Waals surface area contributed by atoms with Crippen LogP contribution < -0.4 is 24.8 Å². The molecule has 208 valence electrons. The van der Waals surface area contributed by atoms with Crippen LogP contribution in [0.3, 0.4) is 0 Å².